The minimum atomic E-state index is -6.13. The molecular formula is C10H13F7OS2. The first-order valence-corrected chi connectivity index (χ1v) is 6.86. The molecule has 0 aromatic carbocycles. The number of hydrogen-bond donors (Lipinski definition) is 0. The molecule has 0 aromatic heterocycles. The predicted octanol–water partition coefficient (Wildman–Crippen LogP) is 5.39. The molecule has 0 aliphatic carbocycles. The van der Waals surface area contributed by atoms with Crippen molar-refractivity contribution >= 4 is 28.4 Å². The summed E-state index contributed by atoms with van der Waals surface area (Å²) in [7, 11) is 0. The van der Waals surface area contributed by atoms with E-state index in [0.717, 1.165) is 12.8 Å². The van der Waals surface area contributed by atoms with E-state index in [9.17, 15) is 30.7 Å². The second kappa shape index (κ2) is 7.67. The van der Waals surface area contributed by atoms with Crippen LogP contribution in [-0.4, -0.2) is 28.3 Å². The summed E-state index contributed by atoms with van der Waals surface area (Å²) in [5.74, 6) is 0. The fraction of sp³-hybridized carbons (Fsp3) is 0.900. The van der Waals surface area contributed by atoms with E-state index in [0.29, 0.717) is 12.8 Å². The third-order valence-corrected chi connectivity index (χ3v) is 3.57. The molecule has 0 heterocycles. The van der Waals surface area contributed by atoms with Crippen LogP contribution < -0.4 is 0 Å². The summed E-state index contributed by atoms with van der Waals surface area (Å²) in [5, 5.41) is -5.46. The normalized spacial score (nSPS) is 13.4. The lowest BCUT2D eigenvalue weighted by molar-refractivity contribution is -0.302. The Morgan fingerprint density at radius 2 is 1.45 bits per heavy atom. The monoisotopic (exact) mass is 346 g/mol. The predicted molar refractivity (Wildman–Crippen MR) is 66.2 cm³/mol. The van der Waals surface area contributed by atoms with Gasteiger partial charge in [0, 0.05) is 0 Å². The molecule has 0 saturated carbocycles. The van der Waals surface area contributed by atoms with Gasteiger partial charge in [-0.1, -0.05) is 26.2 Å². The van der Waals surface area contributed by atoms with Crippen LogP contribution in [0.4, 0.5) is 30.7 Å². The highest BCUT2D eigenvalue weighted by molar-refractivity contribution is 8.23. The Hall–Kier alpha value is -0.250. The Kier molecular flexibility index (Phi) is 7.58. The number of thioether (sulfide) groups is 1. The minimum Gasteiger partial charge on any atom is -0.479 e. The van der Waals surface area contributed by atoms with Gasteiger partial charge in [-0.15, -0.1) is 0 Å². The summed E-state index contributed by atoms with van der Waals surface area (Å²) in [4.78, 5) is 0. The van der Waals surface area contributed by atoms with E-state index >= 15 is 0 Å². The van der Waals surface area contributed by atoms with Gasteiger partial charge in [0.15, 0.2) is 0 Å². The first-order valence-electron chi connectivity index (χ1n) is 5.64. The summed E-state index contributed by atoms with van der Waals surface area (Å²) in [6.07, 6.45) is -9.40. The second-order valence-corrected chi connectivity index (χ2v) is 5.62. The van der Waals surface area contributed by atoms with E-state index in [1.807, 2.05) is 6.92 Å². The third kappa shape index (κ3) is 5.63. The summed E-state index contributed by atoms with van der Waals surface area (Å²) in [6, 6.07) is 0. The summed E-state index contributed by atoms with van der Waals surface area (Å²) >= 11 is 3.04. The summed E-state index contributed by atoms with van der Waals surface area (Å²) < 4.78 is 90.0. The molecule has 0 N–H and O–H groups in total. The van der Waals surface area contributed by atoms with Crippen LogP contribution in [0.1, 0.15) is 32.6 Å². The average molecular weight is 346 g/mol. The largest absolute Gasteiger partial charge is 0.479 e. The van der Waals surface area contributed by atoms with Crippen molar-refractivity contribution < 1.29 is 35.5 Å². The van der Waals surface area contributed by atoms with Crippen LogP contribution in [0.15, 0.2) is 0 Å². The first-order chi connectivity index (χ1) is 8.95. The van der Waals surface area contributed by atoms with Gasteiger partial charge >= 0.3 is 17.4 Å². The quantitative estimate of drug-likeness (QED) is 0.362. The number of ether oxygens (including phenoxy) is 1. The fourth-order valence-electron chi connectivity index (χ4n) is 1.11. The Morgan fingerprint density at radius 3 is 1.85 bits per heavy atom. The molecule has 10 heteroatoms. The second-order valence-electron chi connectivity index (χ2n) is 3.85. The maximum atomic E-state index is 13.2. The zero-order chi connectivity index (χ0) is 16.0. The van der Waals surface area contributed by atoms with Crippen molar-refractivity contribution in [2.24, 2.45) is 0 Å². The van der Waals surface area contributed by atoms with E-state index < -0.39 is 33.5 Å². The lowest BCUT2D eigenvalue weighted by atomic mass is 10.2. The molecule has 0 fully saturated rings. The highest BCUT2D eigenvalue weighted by Gasteiger charge is 2.74. The molecule has 0 aliphatic heterocycles. The van der Waals surface area contributed by atoms with Gasteiger partial charge in [0.05, 0.1) is 6.61 Å². The number of halogens is 7. The first kappa shape index (κ1) is 19.8. The molecule has 1 nitrogen and oxygen atoms in total. The van der Waals surface area contributed by atoms with Gasteiger partial charge < -0.3 is 4.74 Å². The van der Waals surface area contributed by atoms with Gasteiger partial charge in [-0.25, -0.2) is 4.39 Å². The lowest BCUT2D eigenvalue weighted by Crippen LogP contribution is -2.51. The Labute approximate surface area is 121 Å². The van der Waals surface area contributed by atoms with Gasteiger partial charge in [0.1, 0.15) is 0 Å². The molecule has 0 bridgehead atoms. The molecule has 0 unspecified atom stereocenters. The molecule has 0 atom stereocenters. The molecule has 20 heavy (non-hydrogen) atoms. The van der Waals surface area contributed by atoms with Gasteiger partial charge in [-0.2, -0.15) is 26.3 Å². The number of alkyl halides is 7. The van der Waals surface area contributed by atoms with E-state index in [4.69, 9.17) is 0 Å². The number of unbranched alkanes of at least 4 members (excludes halogenated alkanes) is 3. The van der Waals surface area contributed by atoms with Gasteiger partial charge in [0.2, 0.25) is 4.38 Å². The summed E-state index contributed by atoms with van der Waals surface area (Å²) in [5.41, 5.74) is 0. The highest BCUT2D eigenvalue weighted by atomic mass is 32.2. The van der Waals surface area contributed by atoms with Crippen LogP contribution in [0.25, 0.3) is 0 Å². The molecule has 0 rings (SSSR count). The standard InChI is InChI=1S/C10H13F7OS2/c1-2-3-4-5-6-18-7(19)20-8(11,9(12,13)14)10(15,16)17/h2-6H2,1H3. The van der Waals surface area contributed by atoms with E-state index in [1.54, 1.807) is 0 Å². The number of hydrogen-bond acceptors (Lipinski definition) is 3. The van der Waals surface area contributed by atoms with Crippen LogP contribution in [0.3, 0.4) is 0 Å². The maximum absolute atomic E-state index is 13.2. The van der Waals surface area contributed by atoms with Crippen LogP contribution >= 0.6 is 24.0 Å². The Bertz CT molecular complexity index is 300. The Balaban J connectivity index is 4.51. The topological polar surface area (TPSA) is 9.23 Å². The molecule has 0 spiro atoms. The van der Waals surface area contributed by atoms with Gasteiger partial charge in [-0.05, 0) is 30.4 Å². The van der Waals surface area contributed by atoms with Gasteiger partial charge in [-0.3, -0.25) is 0 Å². The van der Waals surface area contributed by atoms with Crippen molar-refractivity contribution in [1.29, 1.82) is 0 Å². The van der Waals surface area contributed by atoms with Crippen LogP contribution in [0.2, 0.25) is 0 Å². The van der Waals surface area contributed by atoms with Crippen molar-refractivity contribution in [3.05, 3.63) is 0 Å². The molecule has 0 amide bonds. The van der Waals surface area contributed by atoms with Crippen LogP contribution in [0.5, 0.6) is 0 Å². The zero-order valence-corrected chi connectivity index (χ0v) is 12.0. The van der Waals surface area contributed by atoms with Crippen molar-refractivity contribution in [2.75, 3.05) is 6.61 Å². The third-order valence-electron chi connectivity index (χ3n) is 2.17. The van der Waals surface area contributed by atoms with Crippen molar-refractivity contribution in [1.82, 2.24) is 0 Å². The van der Waals surface area contributed by atoms with E-state index in [-0.39, 0.29) is 6.61 Å². The SMILES string of the molecule is CCCCCCOC(=S)SC(F)(C(F)(F)F)C(F)(F)F. The summed E-state index contributed by atoms with van der Waals surface area (Å²) in [6.45, 7) is 1.78. The molecular weight excluding hydrogens is 333 g/mol. The van der Waals surface area contributed by atoms with E-state index in [1.165, 1.54) is 0 Å². The van der Waals surface area contributed by atoms with Crippen LogP contribution in [-0.2, 0) is 4.74 Å². The molecule has 0 aromatic rings. The smallest absolute Gasteiger partial charge is 0.442 e. The van der Waals surface area contributed by atoms with E-state index in [2.05, 4.69) is 17.0 Å². The molecule has 0 saturated heterocycles. The average Bonchev–Trinajstić information content (AvgIpc) is 2.25. The fourth-order valence-corrected chi connectivity index (χ4v) is 2.14. The Morgan fingerprint density at radius 1 is 0.950 bits per heavy atom. The number of thiocarbonyl (C=S) groups is 1. The minimum absolute atomic E-state index is 0.141. The number of rotatable bonds is 6. The van der Waals surface area contributed by atoms with Gasteiger partial charge in [0.25, 0.3) is 0 Å². The van der Waals surface area contributed by atoms with Crippen LogP contribution in [0, 0.1) is 0 Å². The van der Waals surface area contributed by atoms with Crippen molar-refractivity contribution in [3.63, 3.8) is 0 Å². The van der Waals surface area contributed by atoms with Crippen molar-refractivity contribution in [3.8, 4) is 0 Å². The highest BCUT2D eigenvalue weighted by Crippen LogP contribution is 2.53. The zero-order valence-electron chi connectivity index (χ0n) is 10.4. The van der Waals surface area contributed by atoms with Crippen molar-refractivity contribution in [2.45, 2.75) is 50.0 Å². The molecule has 0 aliphatic rings. The molecule has 120 valence electrons. The molecule has 0 radical (unpaired) electrons. The lowest BCUT2D eigenvalue weighted by Gasteiger charge is -2.28. The maximum Gasteiger partial charge on any atom is 0.442 e.